The van der Waals surface area contributed by atoms with Crippen LogP contribution in [0.5, 0.6) is 17.2 Å². The average Bonchev–Trinajstić information content (AvgIpc) is 3.14. The van der Waals surface area contributed by atoms with E-state index in [0.29, 0.717) is 18.6 Å². The molecule has 1 spiro atoms. The molecule has 1 saturated carbocycles. The molecule has 0 radical (unpaired) electrons. The Morgan fingerprint density at radius 1 is 0.917 bits per heavy atom. The van der Waals surface area contributed by atoms with Crippen molar-refractivity contribution in [1.82, 2.24) is 0 Å². The minimum Gasteiger partial charge on any atom is -0.504 e. The predicted octanol–water partition coefficient (Wildman–Crippen LogP) is 6.36. The number of phenols is 1. The summed E-state index contributed by atoms with van der Waals surface area (Å²) < 4.78 is 25.1. The molecule has 1 aromatic rings. The SMILES string of the molecule is COc1c(O)cc2c(c1OC)C[C@H](Cl)[C@]21[C@@H](O[Si](C)(C)C(C)(C)C)C[C@@H](O[Si](C)(C)C(C)(C)C)[C@H]1O. The van der Waals surface area contributed by atoms with Crippen molar-refractivity contribution in [1.29, 1.82) is 0 Å². The third kappa shape index (κ3) is 4.53. The molecule has 36 heavy (non-hydrogen) atoms. The standard InChI is InChI=1S/C27H47ClO6Si2/c1-25(2,3)35(9,10)33-19-15-21(34-36(11,12)26(4,5)6)27(24(19)30)17-14-18(29)23(32-8)22(31-7)16(17)13-20(27)28/h14,19-21,24,29-30H,13,15H2,1-12H3/t19-,20+,21+,24-,27+/m1/s1. The molecular weight excluding hydrogens is 512 g/mol. The molecular formula is C27H47ClO6Si2. The van der Waals surface area contributed by atoms with Gasteiger partial charge in [-0.3, -0.25) is 0 Å². The topological polar surface area (TPSA) is 77.4 Å². The van der Waals surface area contributed by atoms with Crippen LogP contribution in [0.4, 0.5) is 0 Å². The summed E-state index contributed by atoms with van der Waals surface area (Å²) in [6, 6.07) is 1.69. The fourth-order valence-electron chi connectivity index (χ4n) is 5.28. The zero-order valence-electron chi connectivity index (χ0n) is 24.2. The third-order valence-corrected chi connectivity index (χ3v) is 18.9. The minimum atomic E-state index is -2.25. The van der Waals surface area contributed by atoms with Crippen LogP contribution < -0.4 is 9.47 Å². The van der Waals surface area contributed by atoms with Crippen LogP contribution in [0.1, 0.15) is 59.1 Å². The number of aliphatic hydroxyl groups excluding tert-OH is 1. The molecule has 0 amide bonds. The Morgan fingerprint density at radius 2 is 1.42 bits per heavy atom. The summed E-state index contributed by atoms with van der Waals surface area (Å²) in [5.74, 6) is 0.702. The molecule has 9 heteroatoms. The van der Waals surface area contributed by atoms with E-state index in [1.807, 2.05) is 0 Å². The Balaban J connectivity index is 2.23. The summed E-state index contributed by atoms with van der Waals surface area (Å²) in [7, 11) is -1.39. The lowest BCUT2D eigenvalue weighted by atomic mass is 9.76. The Kier molecular flexibility index (Phi) is 7.82. The van der Waals surface area contributed by atoms with Crippen LogP contribution >= 0.6 is 11.6 Å². The summed E-state index contributed by atoms with van der Waals surface area (Å²) >= 11 is 7.23. The highest BCUT2D eigenvalue weighted by atomic mass is 35.5. The maximum atomic E-state index is 12.1. The van der Waals surface area contributed by atoms with Crippen molar-refractivity contribution >= 4 is 28.2 Å². The molecule has 6 nitrogen and oxygen atoms in total. The summed E-state index contributed by atoms with van der Waals surface area (Å²) in [5, 5.41) is 22.5. The van der Waals surface area contributed by atoms with Crippen molar-refractivity contribution in [3.05, 3.63) is 17.2 Å². The van der Waals surface area contributed by atoms with Gasteiger partial charge in [0.15, 0.2) is 28.1 Å². The number of halogens is 1. The van der Waals surface area contributed by atoms with Crippen LogP contribution in [0.25, 0.3) is 0 Å². The van der Waals surface area contributed by atoms with E-state index >= 15 is 0 Å². The maximum Gasteiger partial charge on any atom is 0.203 e. The molecule has 0 bridgehead atoms. The smallest absolute Gasteiger partial charge is 0.203 e. The lowest BCUT2D eigenvalue weighted by Crippen LogP contribution is -2.55. The van der Waals surface area contributed by atoms with Crippen LogP contribution in [0.15, 0.2) is 6.07 Å². The first-order chi connectivity index (χ1) is 16.3. The van der Waals surface area contributed by atoms with Gasteiger partial charge < -0.3 is 28.5 Å². The summed E-state index contributed by atoms with van der Waals surface area (Å²) in [6.07, 6.45) is -0.689. The summed E-state index contributed by atoms with van der Waals surface area (Å²) in [4.78, 5) is 0. The molecule has 0 heterocycles. The van der Waals surface area contributed by atoms with Crippen molar-refractivity contribution in [3.63, 3.8) is 0 Å². The first kappa shape index (κ1) is 29.8. The van der Waals surface area contributed by atoms with E-state index in [1.54, 1.807) is 13.2 Å². The molecule has 0 unspecified atom stereocenters. The fraction of sp³-hybridized carbons (Fsp3) is 0.778. The molecule has 0 aromatic heterocycles. The average molecular weight is 559 g/mol. The van der Waals surface area contributed by atoms with Crippen molar-refractivity contribution in [2.75, 3.05) is 14.2 Å². The van der Waals surface area contributed by atoms with Gasteiger partial charge in [0.2, 0.25) is 5.75 Å². The van der Waals surface area contributed by atoms with E-state index in [-0.39, 0.29) is 27.7 Å². The highest BCUT2D eigenvalue weighted by Crippen LogP contribution is 2.60. The van der Waals surface area contributed by atoms with Crippen molar-refractivity contribution in [2.45, 2.75) is 120 Å². The van der Waals surface area contributed by atoms with Crippen LogP contribution in [-0.4, -0.2) is 64.8 Å². The Bertz CT molecular complexity index is 984. The lowest BCUT2D eigenvalue weighted by Gasteiger charge is -2.45. The van der Waals surface area contributed by atoms with Gasteiger partial charge in [0.1, 0.15) is 0 Å². The second kappa shape index (κ2) is 9.45. The number of aromatic hydroxyl groups is 1. The number of alkyl halides is 1. The molecule has 206 valence electrons. The van der Waals surface area contributed by atoms with E-state index in [2.05, 4.69) is 67.7 Å². The van der Waals surface area contributed by atoms with Crippen molar-refractivity contribution < 1.29 is 28.5 Å². The second-order valence-corrected chi connectivity index (χ2v) is 23.6. The van der Waals surface area contributed by atoms with Crippen LogP contribution in [0.2, 0.25) is 36.3 Å². The first-order valence-corrected chi connectivity index (χ1v) is 19.2. The van der Waals surface area contributed by atoms with Crippen molar-refractivity contribution in [3.8, 4) is 17.2 Å². The third-order valence-electron chi connectivity index (χ3n) is 9.41. The van der Waals surface area contributed by atoms with Gasteiger partial charge in [-0.1, -0.05) is 41.5 Å². The molecule has 1 aromatic carbocycles. The van der Waals surface area contributed by atoms with Gasteiger partial charge in [-0.25, -0.2) is 0 Å². The molecule has 0 aliphatic heterocycles. The Hall–Kier alpha value is -0.776. The Morgan fingerprint density at radius 3 is 1.89 bits per heavy atom. The molecule has 3 rings (SSSR count). The van der Waals surface area contributed by atoms with Gasteiger partial charge >= 0.3 is 0 Å². The van der Waals surface area contributed by atoms with Gasteiger partial charge in [-0.15, -0.1) is 11.6 Å². The predicted molar refractivity (Wildman–Crippen MR) is 151 cm³/mol. The summed E-state index contributed by atoms with van der Waals surface area (Å²) in [5.41, 5.74) is 0.675. The molecule has 5 atom stereocenters. The first-order valence-electron chi connectivity index (χ1n) is 12.9. The number of methoxy groups -OCH3 is 2. The Labute approximate surface area is 224 Å². The molecule has 2 aliphatic rings. The zero-order valence-corrected chi connectivity index (χ0v) is 27.0. The van der Waals surface area contributed by atoms with Gasteiger partial charge in [0.05, 0.1) is 43.3 Å². The zero-order chi connectivity index (χ0) is 27.6. The number of benzene rings is 1. The molecule has 1 fully saturated rings. The largest absolute Gasteiger partial charge is 0.504 e. The van der Waals surface area contributed by atoms with Crippen molar-refractivity contribution in [2.24, 2.45) is 0 Å². The van der Waals surface area contributed by atoms with E-state index in [1.165, 1.54) is 7.11 Å². The van der Waals surface area contributed by atoms with E-state index in [0.717, 1.165) is 11.1 Å². The quantitative estimate of drug-likeness (QED) is 0.312. The van der Waals surface area contributed by atoms with Gasteiger partial charge in [0, 0.05) is 12.0 Å². The molecule has 2 aliphatic carbocycles. The highest BCUT2D eigenvalue weighted by Gasteiger charge is 2.66. The van der Waals surface area contributed by atoms with Crippen LogP contribution in [0.3, 0.4) is 0 Å². The number of fused-ring (bicyclic) bond motifs is 2. The minimum absolute atomic E-state index is 0.0128. The number of hydrogen-bond acceptors (Lipinski definition) is 6. The maximum absolute atomic E-state index is 12.1. The normalized spacial score (nSPS) is 29.1. The van der Waals surface area contributed by atoms with E-state index < -0.39 is 39.6 Å². The number of aliphatic hydroxyl groups is 1. The number of ether oxygens (including phenoxy) is 2. The highest BCUT2D eigenvalue weighted by molar-refractivity contribution is 6.74. The molecule has 2 N–H and O–H groups in total. The van der Waals surface area contributed by atoms with Gasteiger partial charge in [0.25, 0.3) is 0 Å². The van der Waals surface area contributed by atoms with Crippen LogP contribution in [-0.2, 0) is 20.7 Å². The monoisotopic (exact) mass is 558 g/mol. The lowest BCUT2D eigenvalue weighted by molar-refractivity contribution is 0.00285. The van der Waals surface area contributed by atoms with Gasteiger partial charge in [-0.2, -0.15) is 0 Å². The second-order valence-electron chi connectivity index (χ2n) is 13.6. The van der Waals surface area contributed by atoms with E-state index in [4.69, 9.17) is 29.9 Å². The number of rotatable bonds is 6. The van der Waals surface area contributed by atoms with Gasteiger partial charge in [-0.05, 0) is 54.3 Å². The number of hydrogen-bond donors (Lipinski definition) is 2. The fourth-order valence-corrected chi connectivity index (χ4v) is 8.52. The summed E-state index contributed by atoms with van der Waals surface area (Å²) in [6.45, 7) is 22.1. The van der Waals surface area contributed by atoms with Crippen LogP contribution in [0, 0.1) is 0 Å². The molecule has 0 saturated heterocycles. The van der Waals surface area contributed by atoms with E-state index in [9.17, 15) is 10.2 Å². The number of phenolic OH excluding ortho intramolecular Hbond substituents is 1.